The molecular weight excluding hydrogens is 428 g/mol. The molecule has 3 rings (SSSR count). The summed E-state index contributed by atoms with van der Waals surface area (Å²) < 4.78 is 80.8. The second-order valence-corrected chi connectivity index (χ2v) is 8.70. The molecule has 1 fully saturated rings. The quantitative estimate of drug-likeness (QED) is 0.708. The minimum absolute atomic E-state index is 0.0804. The average Bonchev–Trinajstić information content (AvgIpc) is 2.86. The molecule has 2 aromatic rings. The first-order valence-corrected chi connectivity index (χ1v) is 10.4. The number of sulfonamides is 1. The summed E-state index contributed by atoms with van der Waals surface area (Å²) in [6.45, 7) is -0.472. The molecule has 1 amide bonds. The van der Waals surface area contributed by atoms with Crippen LogP contribution in [0, 0.1) is 17.5 Å². The van der Waals surface area contributed by atoms with Crippen molar-refractivity contribution >= 4 is 21.6 Å². The van der Waals surface area contributed by atoms with Gasteiger partial charge in [0.25, 0.3) is 5.91 Å². The first-order chi connectivity index (χ1) is 14.1. The van der Waals surface area contributed by atoms with E-state index >= 15 is 0 Å². The van der Waals surface area contributed by atoms with Gasteiger partial charge in [-0.05, 0) is 43.2 Å². The van der Waals surface area contributed by atoms with Gasteiger partial charge in [0.15, 0.2) is 11.6 Å². The molecule has 2 atom stereocenters. The van der Waals surface area contributed by atoms with Crippen molar-refractivity contribution in [1.82, 2.24) is 4.31 Å². The van der Waals surface area contributed by atoms with Crippen LogP contribution in [0.3, 0.4) is 0 Å². The standard InChI is InChI=1S/C19H18F4N2O4S/c20-13-4-2-12(10-16(13)23)24-19(27)11-1-3-15(22)18(9-11)30(28,29)25-7-5-14(21)17(26)6-8-25/h1-4,9-10,14,17,26H,5-8H2,(H,24,27). The fourth-order valence-electron chi connectivity index (χ4n) is 3.03. The number of alkyl halides is 1. The number of amides is 1. The lowest BCUT2D eigenvalue weighted by molar-refractivity contribution is 0.0757. The van der Waals surface area contributed by atoms with Gasteiger partial charge in [-0.1, -0.05) is 0 Å². The van der Waals surface area contributed by atoms with E-state index in [0.717, 1.165) is 40.7 Å². The molecule has 0 bridgehead atoms. The van der Waals surface area contributed by atoms with Crippen LogP contribution in [-0.2, 0) is 10.0 Å². The topological polar surface area (TPSA) is 86.7 Å². The average molecular weight is 446 g/mol. The third-order valence-corrected chi connectivity index (χ3v) is 6.65. The number of rotatable bonds is 4. The lowest BCUT2D eigenvalue weighted by atomic mass is 10.1. The van der Waals surface area contributed by atoms with Gasteiger partial charge in [-0.25, -0.2) is 26.0 Å². The molecule has 1 aliphatic heterocycles. The molecule has 0 spiro atoms. The van der Waals surface area contributed by atoms with Gasteiger partial charge >= 0.3 is 0 Å². The highest BCUT2D eigenvalue weighted by atomic mass is 32.2. The molecule has 11 heteroatoms. The zero-order chi connectivity index (χ0) is 22.1. The summed E-state index contributed by atoms with van der Waals surface area (Å²) in [5, 5.41) is 11.9. The highest BCUT2D eigenvalue weighted by Gasteiger charge is 2.33. The van der Waals surface area contributed by atoms with Gasteiger partial charge < -0.3 is 10.4 Å². The lowest BCUT2D eigenvalue weighted by Crippen LogP contribution is -2.33. The van der Waals surface area contributed by atoms with Gasteiger partial charge in [-0.2, -0.15) is 4.31 Å². The third kappa shape index (κ3) is 4.63. The number of halogens is 4. The van der Waals surface area contributed by atoms with E-state index in [1.54, 1.807) is 0 Å². The molecular formula is C19H18F4N2O4S. The highest BCUT2D eigenvalue weighted by Crippen LogP contribution is 2.25. The van der Waals surface area contributed by atoms with Crippen LogP contribution in [0.25, 0.3) is 0 Å². The summed E-state index contributed by atoms with van der Waals surface area (Å²) >= 11 is 0. The van der Waals surface area contributed by atoms with Crippen LogP contribution in [0.2, 0.25) is 0 Å². The Morgan fingerprint density at radius 2 is 1.67 bits per heavy atom. The van der Waals surface area contributed by atoms with E-state index in [0.29, 0.717) is 0 Å². The summed E-state index contributed by atoms with van der Waals surface area (Å²) in [7, 11) is -4.41. The minimum Gasteiger partial charge on any atom is -0.390 e. The predicted octanol–water partition coefficient (Wildman–Crippen LogP) is 2.84. The van der Waals surface area contributed by atoms with Crippen LogP contribution < -0.4 is 5.32 Å². The number of aliphatic hydroxyl groups is 1. The van der Waals surface area contributed by atoms with Crippen molar-refractivity contribution in [3.8, 4) is 0 Å². The van der Waals surface area contributed by atoms with E-state index in [4.69, 9.17) is 0 Å². The number of carbonyl (C=O) groups excluding carboxylic acids is 1. The Bertz CT molecular complexity index is 1050. The number of nitrogens with one attached hydrogen (secondary N) is 1. The van der Waals surface area contributed by atoms with E-state index in [1.165, 1.54) is 0 Å². The number of aliphatic hydroxyl groups excluding tert-OH is 1. The summed E-state index contributed by atoms with van der Waals surface area (Å²) in [4.78, 5) is 11.6. The number of hydrogen-bond acceptors (Lipinski definition) is 4. The first kappa shape index (κ1) is 22.2. The predicted molar refractivity (Wildman–Crippen MR) is 99.6 cm³/mol. The number of anilines is 1. The number of benzene rings is 2. The largest absolute Gasteiger partial charge is 0.390 e. The number of carbonyl (C=O) groups is 1. The summed E-state index contributed by atoms with van der Waals surface area (Å²) in [5.74, 6) is -4.28. The molecule has 162 valence electrons. The molecule has 1 aliphatic rings. The third-order valence-electron chi connectivity index (χ3n) is 4.73. The minimum atomic E-state index is -4.41. The van der Waals surface area contributed by atoms with Crippen LogP contribution in [0.15, 0.2) is 41.3 Å². The monoisotopic (exact) mass is 446 g/mol. The van der Waals surface area contributed by atoms with Gasteiger partial charge in [-0.15, -0.1) is 0 Å². The number of hydrogen-bond donors (Lipinski definition) is 2. The van der Waals surface area contributed by atoms with Crippen molar-refractivity contribution in [2.45, 2.75) is 30.0 Å². The van der Waals surface area contributed by atoms with Crippen molar-refractivity contribution in [2.75, 3.05) is 18.4 Å². The smallest absolute Gasteiger partial charge is 0.255 e. The second-order valence-electron chi connectivity index (χ2n) is 6.79. The molecule has 0 aliphatic carbocycles. The normalized spacial score (nSPS) is 20.6. The van der Waals surface area contributed by atoms with Gasteiger partial charge in [-0.3, -0.25) is 4.79 Å². The van der Waals surface area contributed by atoms with E-state index in [2.05, 4.69) is 5.32 Å². The Morgan fingerprint density at radius 3 is 2.37 bits per heavy atom. The summed E-state index contributed by atoms with van der Waals surface area (Å²) in [6, 6.07) is 5.29. The van der Waals surface area contributed by atoms with Crippen LogP contribution in [0.4, 0.5) is 23.2 Å². The van der Waals surface area contributed by atoms with E-state index in [1.807, 2.05) is 0 Å². The molecule has 0 saturated carbocycles. The Balaban J connectivity index is 1.86. The lowest BCUT2D eigenvalue weighted by Gasteiger charge is -2.20. The molecule has 2 N–H and O–H groups in total. The maximum Gasteiger partial charge on any atom is 0.255 e. The molecule has 30 heavy (non-hydrogen) atoms. The zero-order valence-electron chi connectivity index (χ0n) is 15.5. The van der Waals surface area contributed by atoms with Crippen molar-refractivity contribution in [2.24, 2.45) is 0 Å². The zero-order valence-corrected chi connectivity index (χ0v) is 16.3. The Hall–Kier alpha value is -2.50. The molecule has 6 nitrogen and oxygen atoms in total. The van der Waals surface area contributed by atoms with Crippen LogP contribution in [0.1, 0.15) is 23.2 Å². The highest BCUT2D eigenvalue weighted by molar-refractivity contribution is 7.89. The maximum atomic E-state index is 14.3. The SMILES string of the molecule is O=C(Nc1ccc(F)c(F)c1)c1ccc(F)c(S(=O)(=O)N2CCC(O)C(F)CC2)c1. The van der Waals surface area contributed by atoms with Gasteiger partial charge in [0, 0.05) is 30.4 Å². The molecule has 1 saturated heterocycles. The van der Waals surface area contributed by atoms with Crippen molar-refractivity contribution in [3.05, 3.63) is 59.4 Å². The molecule has 0 aromatic heterocycles. The van der Waals surface area contributed by atoms with E-state index in [-0.39, 0.29) is 37.2 Å². The number of nitrogens with zero attached hydrogens (tertiary/aromatic N) is 1. The van der Waals surface area contributed by atoms with Crippen LogP contribution >= 0.6 is 0 Å². The molecule has 1 heterocycles. The Morgan fingerprint density at radius 1 is 1.00 bits per heavy atom. The fourth-order valence-corrected chi connectivity index (χ4v) is 4.59. The maximum absolute atomic E-state index is 14.3. The Labute approximate surface area is 170 Å². The van der Waals surface area contributed by atoms with Gasteiger partial charge in [0.2, 0.25) is 10.0 Å². The molecule has 0 radical (unpaired) electrons. The Kier molecular flexibility index (Phi) is 6.44. The van der Waals surface area contributed by atoms with Crippen LogP contribution in [0.5, 0.6) is 0 Å². The second kappa shape index (κ2) is 8.70. The van der Waals surface area contributed by atoms with Gasteiger partial charge in [0.1, 0.15) is 16.9 Å². The van der Waals surface area contributed by atoms with Gasteiger partial charge in [0.05, 0.1) is 6.10 Å². The first-order valence-electron chi connectivity index (χ1n) is 8.98. The fraction of sp³-hybridized carbons (Fsp3) is 0.316. The van der Waals surface area contributed by atoms with Crippen molar-refractivity contribution in [3.63, 3.8) is 0 Å². The molecule has 2 unspecified atom stereocenters. The van der Waals surface area contributed by atoms with Crippen LogP contribution in [-0.4, -0.2) is 49.1 Å². The summed E-state index contributed by atoms with van der Waals surface area (Å²) in [5.41, 5.74) is -0.318. The van der Waals surface area contributed by atoms with Crippen molar-refractivity contribution < 1.29 is 35.9 Å². The molecule has 2 aromatic carbocycles. The van der Waals surface area contributed by atoms with E-state index in [9.17, 15) is 35.9 Å². The summed E-state index contributed by atoms with van der Waals surface area (Å²) in [6.07, 6.45) is -3.32. The van der Waals surface area contributed by atoms with E-state index < -0.39 is 50.6 Å². The van der Waals surface area contributed by atoms with Crippen molar-refractivity contribution in [1.29, 1.82) is 0 Å².